The zero-order valence-corrected chi connectivity index (χ0v) is 15.3. The number of hydrogen-bond donors (Lipinski definition) is 2. The number of amides is 1. The molecule has 0 aliphatic carbocycles. The molecule has 25 heavy (non-hydrogen) atoms. The van der Waals surface area contributed by atoms with Crippen LogP contribution in [0, 0.1) is 0 Å². The van der Waals surface area contributed by atoms with Gasteiger partial charge < -0.3 is 10.4 Å². The van der Waals surface area contributed by atoms with Crippen molar-refractivity contribution in [3.63, 3.8) is 0 Å². The van der Waals surface area contributed by atoms with Crippen LogP contribution in [0.1, 0.15) is 49.2 Å². The summed E-state index contributed by atoms with van der Waals surface area (Å²) in [7, 11) is 1.74. The van der Waals surface area contributed by atoms with Crippen molar-refractivity contribution in [3.8, 4) is 0 Å². The predicted octanol–water partition coefficient (Wildman–Crippen LogP) is 1.92. The Labute approximate surface area is 147 Å². The second-order valence-electron chi connectivity index (χ2n) is 7.52. The van der Waals surface area contributed by atoms with Crippen LogP contribution in [0.15, 0.2) is 36.7 Å². The monoisotopic (exact) mass is 343 g/mol. The van der Waals surface area contributed by atoms with Crippen molar-refractivity contribution in [2.24, 2.45) is 7.05 Å². The molecule has 0 aliphatic heterocycles. The molecule has 0 aliphatic rings. The van der Waals surface area contributed by atoms with Crippen LogP contribution in [0.5, 0.6) is 0 Å². The average Bonchev–Trinajstić information content (AvgIpc) is 2.99. The fraction of sp³-hybridized carbons (Fsp3) is 0.421. The third-order valence-electron chi connectivity index (χ3n) is 4.14. The molecule has 2 rings (SSSR count). The van der Waals surface area contributed by atoms with Crippen molar-refractivity contribution in [2.75, 3.05) is 6.54 Å². The minimum absolute atomic E-state index is 0.0216. The molecule has 0 fully saturated rings. The molecular weight excluding hydrogens is 318 g/mol. The van der Waals surface area contributed by atoms with Gasteiger partial charge in [-0.1, -0.05) is 45.0 Å². The molecule has 1 unspecified atom stereocenters. The Morgan fingerprint density at radius 3 is 2.20 bits per heavy atom. The van der Waals surface area contributed by atoms with Crippen LogP contribution < -0.4 is 5.32 Å². The quantitative estimate of drug-likeness (QED) is 0.642. The number of Topliss-reactive ketones (excluding diaryl/α,β-unsaturated/α-hetero) is 1. The van der Waals surface area contributed by atoms with Crippen molar-refractivity contribution in [1.29, 1.82) is 0 Å². The van der Waals surface area contributed by atoms with Crippen molar-refractivity contribution in [1.82, 2.24) is 15.1 Å². The van der Waals surface area contributed by atoms with Gasteiger partial charge in [-0.3, -0.25) is 14.3 Å². The molecule has 0 saturated heterocycles. The van der Waals surface area contributed by atoms with E-state index in [1.807, 2.05) is 12.1 Å². The fourth-order valence-electron chi connectivity index (χ4n) is 2.39. The third kappa shape index (κ3) is 4.54. The van der Waals surface area contributed by atoms with Gasteiger partial charge in [-0.05, 0) is 17.9 Å². The van der Waals surface area contributed by atoms with Gasteiger partial charge >= 0.3 is 0 Å². The second kappa shape index (κ2) is 6.80. The van der Waals surface area contributed by atoms with Crippen LogP contribution in [0.25, 0.3) is 0 Å². The third-order valence-corrected chi connectivity index (χ3v) is 4.14. The van der Waals surface area contributed by atoms with E-state index in [1.165, 1.54) is 6.20 Å². The number of ketones is 1. The molecule has 0 saturated carbocycles. The standard InChI is InChI=1S/C19H25N3O3/c1-18(2,3)14-8-6-13(7-9-14)16(23)17(24)20-12-19(4,25)15-10-21-22(5)11-15/h6-11,25H,12H2,1-5H3,(H,20,24). The number of nitrogens with zero attached hydrogens (tertiary/aromatic N) is 2. The molecule has 134 valence electrons. The summed E-state index contributed by atoms with van der Waals surface area (Å²) in [6, 6.07) is 7.02. The summed E-state index contributed by atoms with van der Waals surface area (Å²) in [5.41, 5.74) is 0.653. The first-order chi connectivity index (χ1) is 11.5. The number of nitrogens with one attached hydrogen (secondary N) is 1. The minimum Gasteiger partial charge on any atom is -0.383 e. The second-order valence-corrected chi connectivity index (χ2v) is 7.52. The summed E-state index contributed by atoms with van der Waals surface area (Å²) in [6.07, 6.45) is 3.19. The number of carbonyl (C=O) groups is 2. The zero-order valence-electron chi connectivity index (χ0n) is 15.3. The van der Waals surface area contributed by atoms with Gasteiger partial charge in [-0.25, -0.2) is 0 Å². The summed E-state index contributed by atoms with van der Waals surface area (Å²) < 4.78 is 1.56. The summed E-state index contributed by atoms with van der Waals surface area (Å²) in [6.45, 7) is 7.72. The van der Waals surface area contributed by atoms with Gasteiger partial charge in [0.25, 0.3) is 5.91 Å². The number of aliphatic hydroxyl groups is 1. The molecule has 1 heterocycles. The first kappa shape index (κ1) is 18.9. The van der Waals surface area contributed by atoms with Crippen molar-refractivity contribution >= 4 is 11.7 Å². The van der Waals surface area contributed by atoms with Crippen LogP contribution in [0.2, 0.25) is 0 Å². The van der Waals surface area contributed by atoms with E-state index in [-0.39, 0.29) is 12.0 Å². The van der Waals surface area contributed by atoms with Crippen LogP contribution >= 0.6 is 0 Å². The molecule has 1 aromatic carbocycles. The Balaban J connectivity index is 2.02. The van der Waals surface area contributed by atoms with E-state index in [2.05, 4.69) is 31.2 Å². The topological polar surface area (TPSA) is 84.2 Å². The largest absolute Gasteiger partial charge is 0.383 e. The zero-order chi connectivity index (χ0) is 18.8. The van der Waals surface area contributed by atoms with E-state index in [0.717, 1.165) is 5.56 Å². The highest BCUT2D eigenvalue weighted by Crippen LogP contribution is 2.22. The molecule has 1 atom stereocenters. The van der Waals surface area contributed by atoms with E-state index in [1.54, 1.807) is 37.0 Å². The van der Waals surface area contributed by atoms with Gasteiger partial charge in [-0.2, -0.15) is 5.10 Å². The maximum atomic E-state index is 12.3. The van der Waals surface area contributed by atoms with E-state index in [9.17, 15) is 14.7 Å². The number of aryl methyl sites for hydroxylation is 1. The first-order valence-electron chi connectivity index (χ1n) is 8.15. The smallest absolute Gasteiger partial charge is 0.292 e. The molecule has 6 heteroatoms. The molecule has 6 nitrogen and oxygen atoms in total. The highest BCUT2D eigenvalue weighted by atomic mass is 16.3. The summed E-state index contributed by atoms with van der Waals surface area (Å²) in [4.78, 5) is 24.4. The summed E-state index contributed by atoms with van der Waals surface area (Å²) >= 11 is 0. The van der Waals surface area contributed by atoms with Crippen LogP contribution in [-0.4, -0.2) is 33.1 Å². The molecular formula is C19H25N3O3. The van der Waals surface area contributed by atoms with Crippen LogP contribution in [-0.2, 0) is 22.9 Å². The molecule has 0 spiro atoms. The molecule has 0 radical (unpaired) electrons. The van der Waals surface area contributed by atoms with E-state index in [0.29, 0.717) is 11.1 Å². The number of carbonyl (C=O) groups excluding carboxylic acids is 2. The average molecular weight is 343 g/mol. The number of benzene rings is 1. The fourth-order valence-corrected chi connectivity index (χ4v) is 2.39. The van der Waals surface area contributed by atoms with Crippen LogP contribution in [0.3, 0.4) is 0 Å². The Hall–Kier alpha value is -2.47. The van der Waals surface area contributed by atoms with Crippen LogP contribution in [0.4, 0.5) is 0 Å². The summed E-state index contributed by atoms with van der Waals surface area (Å²) in [5.74, 6) is -1.37. The van der Waals surface area contributed by atoms with E-state index in [4.69, 9.17) is 0 Å². The van der Waals surface area contributed by atoms with Gasteiger partial charge in [0.05, 0.1) is 12.7 Å². The van der Waals surface area contributed by atoms with Crippen molar-refractivity contribution in [3.05, 3.63) is 53.3 Å². The Morgan fingerprint density at radius 1 is 1.12 bits per heavy atom. The predicted molar refractivity (Wildman–Crippen MR) is 95.3 cm³/mol. The molecule has 1 amide bonds. The highest BCUT2D eigenvalue weighted by Gasteiger charge is 2.27. The molecule has 2 N–H and O–H groups in total. The first-order valence-corrected chi connectivity index (χ1v) is 8.15. The Bertz CT molecular complexity index is 768. The molecule has 0 bridgehead atoms. The normalized spacial score (nSPS) is 14.0. The van der Waals surface area contributed by atoms with Gasteiger partial charge in [0.1, 0.15) is 5.60 Å². The number of rotatable bonds is 5. The highest BCUT2D eigenvalue weighted by molar-refractivity contribution is 6.42. The summed E-state index contributed by atoms with van der Waals surface area (Å²) in [5, 5.41) is 16.9. The minimum atomic E-state index is -1.31. The lowest BCUT2D eigenvalue weighted by Gasteiger charge is -2.22. The Morgan fingerprint density at radius 2 is 1.72 bits per heavy atom. The van der Waals surface area contributed by atoms with Gasteiger partial charge in [-0.15, -0.1) is 0 Å². The lowest BCUT2D eigenvalue weighted by atomic mass is 9.86. The maximum Gasteiger partial charge on any atom is 0.292 e. The molecule has 1 aromatic heterocycles. The number of aromatic nitrogens is 2. The maximum absolute atomic E-state index is 12.3. The lowest BCUT2D eigenvalue weighted by Crippen LogP contribution is -2.41. The van der Waals surface area contributed by atoms with Gasteiger partial charge in [0.2, 0.25) is 5.78 Å². The molecule has 2 aromatic rings. The van der Waals surface area contributed by atoms with Crippen molar-refractivity contribution < 1.29 is 14.7 Å². The van der Waals surface area contributed by atoms with Crippen molar-refractivity contribution in [2.45, 2.75) is 38.7 Å². The van der Waals surface area contributed by atoms with Gasteiger partial charge in [0, 0.05) is 24.4 Å². The lowest BCUT2D eigenvalue weighted by molar-refractivity contribution is -0.118. The number of hydrogen-bond acceptors (Lipinski definition) is 4. The van der Waals surface area contributed by atoms with E-state index < -0.39 is 17.3 Å². The Kier molecular flexibility index (Phi) is 5.13. The SMILES string of the molecule is Cn1cc(C(C)(O)CNC(=O)C(=O)c2ccc(C(C)(C)C)cc2)cn1. The van der Waals surface area contributed by atoms with Gasteiger partial charge in [0.15, 0.2) is 0 Å². The van der Waals surface area contributed by atoms with E-state index >= 15 is 0 Å².